The fraction of sp³-hybridized carbons (Fsp3) is 0.429. The predicted octanol–water partition coefficient (Wildman–Crippen LogP) is 1.54. The molecule has 0 atom stereocenters. The highest BCUT2D eigenvalue weighted by atomic mass is 16.6. The van der Waals surface area contributed by atoms with Crippen molar-refractivity contribution >= 4 is 23.4 Å². The minimum atomic E-state index is -0.536. The van der Waals surface area contributed by atoms with Crippen LogP contribution in [-0.4, -0.2) is 39.0 Å². The van der Waals surface area contributed by atoms with Gasteiger partial charge >= 0.3 is 5.69 Å². The molecule has 1 aliphatic heterocycles. The summed E-state index contributed by atoms with van der Waals surface area (Å²) < 4.78 is 4.92. The molecule has 3 heterocycles. The SMILES string of the molecule is Cc1cc(NC(=O)C2CCN(c3ncc([N+](=O)[O-])cn3)CC2)no1. The monoisotopic (exact) mass is 332 g/mol. The Morgan fingerprint density at radius 2 is 2.04 bits per heavy atom. The molecule has 0 radical (unpaired) electrons. The van der Waals surface area contributed by atoms with Gasteiger partial charge in [-0.15, -0.1) is 0 Å². The number of aryl methyl sites for hydroxylation is 1. The molecule has 0 saturated carbocycles. The van der Waals surface area contributed by atoms with Crippen LogP contribution in [0.2, 0.25) is 0 Å². The van der Waals surface area contributed by atoms with E-state index in [0.717, 1.165) is 0 Å². The normalized spacial score (nSPS) is 15.3. The van der Waals surface area contributed by atoms with E-state index >= 15 is 0 Å². The third kappa shape index (κ3) is 3.47. The van der Waals surface area contributed by atoms with Gasteiger partial charge in [0.05, 0.1) is 4.92 Å². The molecule has 1 N–H and O–H groups in total. The minimum Gasteiger partial charge on any atom is -0.360 e. The van der Waals surface area contributed by atoms with Crippen molar-refractivity contribution in [1.29, 1.82) is 0 Å². The smallest absolute Gasteiger partial charge is 0.305 e. The fourth-order valence-corrected chi connectivity index (χ4v) is 2.57. The van der Waals surface area contributed by atoms with E-state index < -0.39 is 4.92 Å². The van der Waals surface area contributed by atoms with Gasteiger partial charge in [0.2, 0.25) is 11.9 Å². The lowest BCUT2D eigenvalue weighted by molar-refractivity contribution is -0.385. The molecule has 126 valence electrons. The Morgan fingerprint density at radius 1 is 1.38 bits per heavy atom. The average molecular weight is 332 g/mol. The minimum absolute atomic E-state index is 0.0902. The highest BCUT2D eigenvalue weighted by Gasteiger charge is 2.27. The van der Waals surface area contributed by atoms with Gasteiger partial charge in [-0.2, -0.15) is 0 Å². The maximum Gasteiger partial charge on any atom is 0.305 e. The van der Waals surface area contributed by atoms with Gasteiger partial charge in [-0.1, -0.05) is 5.16 Å². The largest absolute Gasteiger partial charge is 0.360 e. The van der Waals surface area contributed by atoms with Gasteiger partial charge < -0.3 is 14.7 Å². The molecule has 10 nitrogen and oxygen atoms in total. The molecule has 0 aromatic carbocycles. The summed E-state index contributed by atoms with van der Waals surface area (Å²) in [5.41, 5.74) is -0.143. The van der Waals surface area contributed by atoms with Crippen molar-refractivity contribution in [2.24, 2.45) is 5.92 Å². The Bertz CT molecular complexity index is 736. The molecule has 0 unspecified atom stereocenters. The van der Waals surface area contributed by atoms with Crippen LogP contribution in [0.5, 0.6) is 0 Å². The summed E-state index contributed by atoms with van der Waals surface area (Å²) in [7, 11) is 0. The summed E-state index contributed by atoms with van der Waals surface area (Å²) >= 11 is 0. The van der Waals surface area contributed by atoms with E-state index in [4.69, 9.17) is 4.52 Å². The van der Waals surface area contributed by atoms with Crippen LogP contribution in [0.15, 0.2) is 23.0 Å². The van der Waals surface area contributed by atoms with Crippen LogP contribution in [0.25, 0.3) is 0 Å². The standard InChI is InChI=1S/C14H16N6O4/c1-9-6-12(18-24-9)17-13(21)10-2-4-19(5-3-10)14-15-7-11(8-16-14)20(22)23/h6-8,10H,2-5H2,1H3,(H,17,18,21). The lowest BCUT2D eigenvalue weighted by Gasteiger charge is -2.30. The van der Waals surface area contributed by atoms with Crippen molar-refractivity contribution in [2.75, 3.05) is 23.3 Å². The van der Waals surface area contributed by atoms with Crippen LogP contribution in [-0.2, 0) is 4.79 Å². The molecule has 0 aliphatic carbocycles. The molecule has 0 bridgehead atoms. The number of nitrogens with one attached hydrogen (secondary N) is 1. The first-order chi connectivity index (χ1) is 11.5. The van der Waals surface area contributed by atoms with Crippen molar-refractivity contribution in [3.8, 4) is 0 Å². The maximum atomic E-state index is 12.2. The summed E-state index contributed by atoms with van der Waals surface area (Å²) in [5.74, 6) is 1.27. The van der Waals surface area contributed by atoms with E-state index in [1.807, 2.05) is 4.90 Å². The van der Waals surface area contributed by atoms with Crippen molar-refractivity contribution in [2.45, 2.75) is 19.8 Å². The first-order valence-electron chi connectivity index (χ1n) is 7.48. The van der Waals surface area contributed by atoms with Crippen molar-refractivity contribution < 1.29 is 14.2 Å². The number of nitrogens with zero attached hydrogens (tertiary/aromatic N) is 5. The van der Waals surface area contributed by atoms with Gasteiger partial charge in [0, 0.05) is 25.1 Å². The third-order valence-corrected chi connectivity index (χ3v) is 3.86. The molecular weight excluding hydrogens is 316 g/mol. The first-order valence-corrected chi connectivity index (χ1v) is 7.48. The zero-order valence-electron chi connectivity index (χ0n) is 13.0. The summed E-state index contributed by atoms with van der Waals surface area (Å²) in [6.45, 7) is 2.97. The molecule has 1 saturated heterocycles. The molecule has 1 fully saturated rings. The number of anilines is 2. The number of amides is 1. The topological polar surface area (TPSA) is 127 Å². The highest BCUT2D eigenvalue weighted by molar-refractivity contribution is 5.91. The zero-order valence-corrected chi connectivity index (χ0v) is 13.0. The first kappa shape index (κ1) is 15.8. The van der Waals surface area contributed by atoms with Crippen LogP contribution in [0, 0.1) is 23.0 Å². The Kier molecular flexibility index (Phi) is 4.36. The summed E-state index contributed by atoms with van der Waals surface area (Å²) in [4.78, 5) is 32.2. The van der Waals surface area contributed by atoms with Gasteiger partial charge in [-0.25, -0.2) is 9.97 Å². The van der Waals surface area contributed by atoms with Crippen LogP contribution in [0.4, 0.5) is 17.5 Å². The van der Waals surface area contributed by atoms with Gasteiger partial charge in [-0.3, -0.25) is 14.9 Å². The molecule has 2 aromatic heterocycles. The predicted molar refractivity (Wildman–Crippen MR) is 83.5 cm³/mol. The highest BCUT2D eigenvalue weighted by Crippen LogP contribution is 2.22. The van der Waals surface area contributed by atoms with Gasteiger partial charge in [0.25, 0.3) is 0 Å². The summed E-state index contributed by atoms with van der Waals surface area (Å²) in [6, 6.07) is 1.66. The van der Waals surface area contributed by atoms with Gasteiger partial charge in [-0.05, 0) is 19.8 Å². The lowest BCUT2D eigenvalue weighted by Crippen LogP contribution is -2.39. The second-order valence-electron chi connectivity index (χ2n) is 5.57. The number of piperidine rings is 1. The van der Waals surface area contributed by atoms with Crippen LogP contribution >= 0.6 is 0 Å². The van der Waals surface area contributed by atoms with E-state index in [2.05, 4.69) is 20.4 Å². The Balaban J connectivity index is 1.55. The second-order valence-corrected chi connectivity index (χ2v) is 5.57. The fourth-order valence-electron chi connectivity index (χ4n) is 2.57. The Morgan fingerprint density at radius 3 is 2.58 bits per heavy atom. The van der Waals surface area contributed by atoms with E-state index in [-0.39, 0.29) is 17.5 Å². The van der Waals surface area contributed by atoms with Gasteiger partial charge in [0.15, 0.2) is 5.82 Å². The molecule has 2 aromatic rings. The van der Waals surface area contributed by atoms with E-state index in [1.165, 1.54) is 12.4 Å². The van der Waals surface area contributed by atoms with Crippen molar-refractivity contribution in [1.82, 2.24) is 15.1 Å². The van der Waals surface area contributed by atoms with Crippen LogP contribution < -0.4 is 10.2 Å². The number of carbonyl (C=O) groups is 1. The van der Waals surface area contributed by atoms with E-state index in [0.29, 0.717) is 43.5 Å². The number of carbonyl (C=O) groups excluding carboxylic acids is 1. The second kappa shape index (κ2) is 6.60. The van der Waals surface area contributed by atoms with E-state index in [9.17, 15) is 14.9 Å². The van der Waals surface area contributed by atoms with Crippen LogP contribution in [0.3, 0.4) is 0 Å². The molecular formula is C14H16N6O4. The van der Waals surface area contributed by atoms with Crippen molar-refractivity contribution in [3.05, 3.63) is 34.3 Å². The maximum absolute atomic E-state index is 12.2. The molecule has 3 rings (SSSR count). The number of rotatable bonds is 4. The molecule has 0 spiro atoms. The molecule has 1 amide bonds. The third-order valence-electron chi connectivity index (χ3n) is 3.86. The summed E-state index contributed by atoms with van der Waals surface area (Å²) in [6.07, 6.45) is 3.66. The Hall–Kier alpha value is -3.04. The van der Waals surface area contributed by atoms with E-state index in [1.54, 1.807) is 13.0 Å². The van der Waals surface area contributed by atoms with Gasteiger partial charge in [0.1, 0.15) is 18.2 Å². The van der Waals surface area contributed by atoms with Crippen LogP contribution in [0.1, 0.15) is 18.6 Å². The van der Waals surface area contributed by atoms with Crippen molar-refractivity contribution in [3.63, 3.8) is 0 Å². The number of hydrogen-bond donors (Lipinski definition) is 1. The molecule has 10 heteroatoms. The molecule has 24 heavy (non-hydrogen) atoms. The number of nitro groups is 1. The lowest BCUT2D eigenvalue weighted by atomic mass is 9.96. The number of aromatic nitrogens is 3. The molecule has 1 aliphatic rings. The number of hydrogen-bond acceptors (Lipinski definition) is 8. The quantitative estimate of drug-likeness (QED) is 0.659. The Labute approximate surface area is 137 Å². The average Bonchev–Trinajstić information content (AvgIpc) is 3.00. The zero-order chi connectivity index (χ0) is 17.1. The summed E-state index contributed by atoms with van der Waals surface area (Å²) in [5, 5.41) is 17.1.